The predicted octanol–water partition coefficient (Wildman–Crippen LogP) is 4.73. The van der Waals surface area contributed by atoms with Gasteiger partial charge in [0, 0.05) is 23.3 Å². The van der Waals surface area contributed by atoms with Crippen molar-refractivity contribution in [2.75, 3.05) is 0 Å². The molecule has 0 atom stereocenters. The summed E-state index contributed by atoms with van der Waals surface area (Å²) in [7, 11) is 0. The summed E-state index contributed by atoms with van der Waals surface area (Å²) in [6, 6.07) is 5.98. The fourth-order valence-corrected chi connectivity index (χ4v) is 2.64. The zero-order valence-corrected chi connectivity index (χ0v) is 13.0. The molecule has 1 aliphatic rings. The van der Waals surface area contributed by atoms with Gasteiger partial charge in [-0.15, -0.1) is 0 Å². The number of hydrogen-bond acceptors (Lipinski definition) is 3. The van der Waals surface area contributed by atoms with Gasteiger partial charge in [-0.3, -0.25) is 0 Å². The highest BCUT2D eigenvalue weighted by Gasteiger charge is 2.16. The Labute approximate surface area is 134 Å². The molecule has 2 aromatic rings. The fraction of sp³-hybridized carbons (Fsp3) is 0.105. The number of halogens is 1. The van der Waals surface area contributed by atoms with Gasteiger partial charge in [0.1, 0.15) is 17.1 Å². The van der Waals surface area contributed by atoms with E-state index in [1.54, 1.807) is 6.07 Å². The van der Waals surface area contributed by atoms with Crippen molar-refractivity contribution in [1.82, 2.24) is 9.88 Å². The molecule has 1 aromatic heterocycles. The summed E-state index contributed by atoms with van der Waals surface area (Å²) in [5, 5.41) is 10.5. The van der Waals surface area contributed by atoms with Crippen molar-refractivity contribution in [3.63, 3.8) is 0 Å². The van der Waals surface area contributed by atoms with Gasteiger partial charge in [-0.25, -0.2) is 9.37 Å². The Morgan fingerprint density at radius 2 is 2.13 bits per heavy atom. The van der Waals surface area contributed by atoms with Gasteiger partial charge in [0.15, 0.2) is 0 Å². The smallest absolute Gasteiger partial charge is 0.144 e. The summed E-state index contributed by atoms with van der Waals surface area (Å²) in [6.45, 7) is 7.99. The normalized spacial score (nSPS) is 15.3. The topological polar surface area (TPSA) is 36.4 Å². The van der Waals surface area contributed by atoms with E-state index in [1.165, 1.54) is 6.07 Å². The van der Waals surface area contributed by atoms with Crippen LogP contribution in [0.1, 0.15) is 19.5 Å². The third-order valence-corrected chi connectivity index (χ3v) is 3.72. The Hall–Kier alpha value is -2.88. The van der Waals surface area contributed by atoms with Crippen LogP contribution in [0.15, 0.2) is 66.5 Å². The number of phenols is 1. The second kappa shape index (κ2) is 5.72. The van der Waals surface area contributed by atoms with E-state index < -0.39 is 5.82 Å². The molecule has 0 spiro atoms. The van der Waals surface area contributed by atoms with Crippen LogP contribution < -0.4 is 0 Å². The minimum Gasteiger partial charge on any atom is -0.506 e. The van der Waals surface area contributed by atoms with Crippen molar-refractivity contribution < 1.29 is 9.50 Å². The lowest BCUT2D eigenvalue weighted by Gasteiger charge is -2.26. The number of benzene rings is 1. The van der Waals surface area contributed by atoms with Crippen molar-refractivity contribution >= 4 is 16.6 Å². The first-order valence-corrected chi connectivity index (χ1v) is 7.30. The molecule has 0 fully saturated rings. The SMILES string of the molecule is C=C1C=C(C)C=CN1/C(=C\C)c1ccc2cc(F)cc(O)c2n1. The van der Waals surface area contributed by atoms with Gasteiger partial charge in [-0.05, 0) is 43.7 Å². The summed E-state index contributed by atoms with van der Waals surface area (Å²) < 4.78 is 13.4. The van der Waals surface area contributed by atoms with Crippen LogP contribution >= 0.6 is 0 Å². The summed E-state index contributed by atoms with van der Waals surface area (Å²) >= 11 is 0. The second-order valence-corrected chi connectivity index (χ2v) is 5.43. The first-order chi connectivity index (χ1) is 11.0. The summed E-state index contributed by atoms with van der Waals surface area (Å²) in [4.78, 5) is 6.43. The molecule has 0 saturated carbocycles. The van der Waals surface area contributed by atoms with E-state index in [2.05, 4.69) is 11.6 Å². The first kappa shape index (κ1) is 15.0. The molecule has 0 amide bonds. The highest BCUT2D eigenvalue weighted by molar-refractivity contribution is 5.86. The minimum absolute atomic E-state index is 0.166. The van der Waals surface area contributed by atoms with Crippen LogP contribution in [0.5, 0.6) is 5.75 Å². The number of hydrogen-bond donors (Lipinski definition) is 1. The molecule has 1 aliphatic heterocycles. The summed E-state index contributed by atoms with van der Waals surface area (Å²) in [6.07, 6.45) is 7.84. The highest BCUT2D eigenvalue weighted by Crippen LogP contribution is 2.30. The average Bonchev–Trinajstić information content (AvgIpc) is 2.50. The Morgan fingerprint density at radius 1 is 1.35 bits per heavy atom. The largest absolute Gasteiger partial charge is 0.506 e. The van der Waals surface area contributed by atoms with Crippen molar-refractivity contribution in [3.05, 3.63) is 78.1 Å². The molecule has 0 bridgehead atoms. The lowest BCUT2D eigenvalue weighted by Crippen LogP contribution is -2.16. The molecule has 0 radical (unpaired) electrons. The zero-order valence-electron chi connectivity index (χ0n) is 13.0. The number of nitrogens with zero attached hydrogens (tertiary/aromatic N) is 2. The Balaban J connectivity index is 2.08. The average molecular weight is 308 g/mol. The van der Waals surface area contributed by atoms with Crippen molar-refractivity contribution in [3.8, 4) is 5.75 Å². The van der Waals surface area contributed by atoms with Gasteiger partial charge in [-0.1, -0.05) is 18.7 Å². The first-order valence-electron chi connectivity index (χ1n) is 7.30. The lowest BCUT2D eigenvalue weighted by molar-refractivity contribution is 0.474. The molecule has 1 N–H and O–H groups in total. The number of pyridine rings is 1. The molecule has 4 heteroatoms. The number of aromatic hydroxyl groups is 1. The maximum Gasteiger partial charge on any atom is 0.144 e. The molecule has 0 saturated heterocycles. The zero-order chi connectivity index (χ0) is 16.6. The summed E-state index contributed by atoms with van der Waals surface area (Å²) in [5.41, 5.74) is 3.87. The van der Waals surface area contributed by atoms with Crippen LogP contribution in [0.25, 0.3) is 16.6 Å². The minimum atomic E-state index is -0.483. The van der Waals surface area contributed by atoms with Crippen molar-refractivity contribution in [2.24, 2.45) is 0 Å². The van der Waals surface area contributed by atoms with Crippen molar-refractivity contribution in [1.29, 1.82) is 0 Å². The van der Waals surface area contributed by atoms with Gasteiger partial charge in [0.25, 0.3) is 0 Å². The van der Waals surface area contributed by atoms with E-state index in [1.807, 2.05) is 49.2 Å². The molecular weight excluding hydrogens is 291 g/mol. The monoisotopic (exact) mass is 308 g/mol. The van der Waals surface area contributed by atoms with E-state index in [9.17, 15) is 9.50 Å². The second-order valence-electron chi connectivity index (χ2n) is 5.43. The highest BCUT2D eigenvalue weighted by atomic mass is 19.1. The van der Waals surface area contributed by atoms with Crippen molar-refractivity contribution in [2.45, 2.75) is 13.8 Å². The van der Waals surface area contributed by atoms with Crippen LogP contribution in [0, 0.1) is 5.82 Å². The maximum absolute atomic E-state index is 13.4. The van der Waals surface area contributed by atoms with Crippen LogP contribution in [-0.4, -0.2) is 15.0 Å². The molecule has 116 valence electrons. The number of rotatable bonds is 2. The molecule has 1 aromatic carbocycles. The Bertz CT molecular complexity index is 894. The number of allylic oxidation sites excluding steroid dienone is 4. The summed E-state index contributed by atoms with van der Waals surface area (Å²) in [5.74, 6) is -0.648. The van der Waals surface area contributed by atoms with Crippen LogP contribution in [0.4, 0.5) is 4.39 Å². The predicted molar refractivity (Wildman–Crippen MR) is 90.9 cm³/mol. The standard InChI is InChI=1S/C19H17FN2O/c1-4-17(22-8-7-12(2)9-13(22)3)16-6-5-14-10-15(20)11-18(23)19(14)21-16/h4-11,23H,3H2,1-2H3/b17-4-. The molecule has 3 nitrogen and oxygen atoms in total. The maximum atomic E-state index is 13.4. The molecule has 3 rings (SSSR count). The van der Waals surface area contributed by atoms with E-state index in [4.69, 9.17) is 0 Å². The van der Waals surface area contributed by atoms with E-state index in [0.29, 0.717) is 16.6 Å². The van der Waals surface area contributed by atoms with E-state index in [-0.39, 0.29) is 5.75 Å². The lowest BCUT2D eigenvalue weighted by atomic mass is 10.1. The Morgan fingerprint density at radius 3 is 2.83 bits per heavy atom. The van der Waals surface area contributed by atoms with Gasteiger partial charge in [0.05, 0.1) is 11.4 Å². The van der Waals surface area contributed by atoms with Crippen LogP contribution in [-0.2, 0) is 0 Å². The molecule has 0 unspecified atom stereocenters. The molecule has 0 aliphatic carbocycles. The van der Waals surface area contributed by atoms with E-state index in [0.717, 1.165) is 23.0 Å². The fourth-order valence-electron chi connectivity index (χ4n) is 2.64. The van der Waals surface area contributed by atoms with Gasteiger partial charge >= 0.3 is 0 Å². The molecule has 2 heterocycles. The van der Waals surface area contributed by atoms with Crippen LogP contribution in [0.3, 0.4) is 0 Å². The third-order valence-electron chi connectivity index (χ3n) is 3.72. The van der Waals surface area contributed by atoms with Gasteiger partial charge in [-0.2, -0.15) is 0 Å². The van der Waals surface area contributed by atoms with Gasteiger partial charge in [0.2, 0.25) is 0 Å². The number of fused-ring (bicyclic) bond motifs is 1. The van der Waals surface area contributed by atoms with Crippen LogP contribution in [0.2, 0.25) is 0 Å². The molecular formula is C19H17FN2O. The quantitative estimate of drug-likeness (QED) is 0.871. The Kier molecular flexibility index (Phi) is 3.74. The van der Waals surface area contributed by atoms with Gasteiger partial charge < -0.3 is 10.0 Å². The molecule has 23 heavy (non-hydrogen) atoms. The number of phenolic OH excluding ortho intramolecular Hbond substituents is 1. The third kappa shape index (κ3) is 2.75. The number of aromatic nitrogens is 1. The van der Waals surface area contributed by atoms with E-state index >= 15 is 0 Å².